The summed E-state index contributed by atoms with van der Waals surface area (Å²) in [7, 11) is 0. The average Bonchev–Trinajstić information content (AvgIpc) is 3.19. The summed E-state index contributed by atoms with van der Waals surface area (Å²) in [6.07, 6.45) is -0.880. The van der Waals surface area contributed by atoms with Crippen LogP contribution in [-0.2, 0) is 9.59 Å². The van der Waals surface area contributed by atoms with Gasteiger partial charge in [-0.05, 0) is 42.5 Å². The molecule has 1 fully saturated rings. The Balaban J connectivity index is 2.02. The lowest BCUT2D eigenvalue weighted by atomic mass is 9.95. The number of benzene rings is 1. The fourth-order valence-electron chi connectivity index (χ4n) is 3.49. The van der Waals surface area contributed by atoms with Gasteiger partial charge in [0.25, 0.3) is 0 Å². The van der Waals surface area contributed by atoms with E-state index in [1.165, 1.54) is 18.2 Å². The third-order valence-corrected chi connectivity index (χ3v) is 5.74. The van der Waals surface area contributed by atoms with Crippen molar-refractivity contribution >= 4 is 28.8 Å². The highest BCUT2D eigenvalue weighted by molar-refractivity contribution is 7.10. The summed E-state index contributed by atoms with van der Waals surface area (Å²) in [5.74, 6) is -3.73. The van der Waals surface area contributed by atoms with Crippen LogP contribution in [0.15, 0.2) is 41.8 Å². The standard InChI is InChI=1S/C20H20F4N2O2S/c21-13-6-4-9-15(12-13)26(19(28)20(22,23)24)17(16-10-5-11-29-16)18(27)25-14-7-2-1-3-8-14/h4-6,9-12,14,17H,1-3,7-8H2,(H,25,27)/t17-/m0/s1. The Morgan fingerprint density at radius 1 is 1.10 bits per heavy atom. The highest BCUT2D eigenvalue weighted by Gasteiger charge is 2.48. The van der Waals surface area contributed by atoms with Crippen molar-refractivity contribution in [1.29, 1.82) is 0 Å². The van der Waals surface area contributed by atoms with E-state index in [0.29, 0.717) is 4.90 Å². The molecular weight excluding hydrogens is 408 g/mol. The van der Waals surface area contributed by atoms with Crippen LogP contribution in [0.1, 0.15) is 43.0 Å². The molecule has 1 aliphatic carbocycles. The van der Waals surface area contributed by atoms with Crippen molar-refractivity contribution in [3.05, 3.63) is 52.5 Å². The van der Waals surface area contributed by atoms with E-state index in [4.69, 9.17) is 0 Å². The van der Waals surface area contributed by atoms with E-state index < -0.39 is 29.8 Å². The molecule has 0 spiro atoms. The summed E-state index contributed by atoms with van der Waals surface area (Å²) in [6, 6.07) is 5.63. The zero-order valence-electron chi connectivity index (χ0n) is 15.4. The lowest BCUT2D eigenvalue weighted by Gasteiger charge is -2.33. The number of alkyl halides is 3. The number of carbonyl (C=O) groups excluding carboxylic acids is 2. The van der Waals surface area contributed by atoms with Crippen LogP contribution in [0.3, 0.4) is 0 Å². The zero-order valence-corrected chi connectivity index (χ0v) is 16.2. The molecule has 9 heteroatoms. The van der Waals surface area contributed by atoms with Crippen LogP contribution < -0.4 is 10.2 Å². The van der Waals surface area contributed by atoms with Gasteiger partial charge in [0.1, 0.15) is 5.82 Å². The van der Waals surface area contributed by atoms with Crippen LogP contribution in [-0.4, -0.2) is 24.0 Å². The minimum Gasteiger partial charge on any atom is -0.351 e. The predicted octanol–water partition coefficient (Wildman–Crippen LogP) is 4.97. The molecule has 1 aromatic carbocycles. The monoisotopic (exact) mass is 428 g/mol. The number of nitrogens with one attached hydrogen (secondary N) is 1. The van der Waals surface area contributed by atoms with Gasteiger partial charge < -0.3 is 5.32 Å². The number of carbonyl (C=O) groups is 2. The van der Waals surface area contributed by atoms with Gasteiger partial charge >= 0.3 is 12.1 Å². The van der Waals surface area contributed by atoms with Crippen LogP contribution >= 0.6 is 11.3 Å². The SMILES string of the molecule is O=C(NC1CCCCC1)[C@H](c1cccs1)N(C(=O)C(F)(F)F)c1cccc(F)c1. The molecular formula is C20H20F4N2O2S. The van der Waals surface area contributed by atoms with E-state index in [0.717, 1.165) is 55.6 Å². The van der Waals surface area contributed by atoms with Crippen LogP contribution in [0, 0.1) is 5.82 Å². The molecule has 0 radical (unpaired) electrons. The van der Waals surface area contributed by atoms with Gasteiger partial charge in [0.2, 0.25) is 5.91 Å². The second-order valence-corrected chi connectivity index (χ2v) is 7.89. The maximum absolute atomic E-state index is 13.7. The van der Waals surface area contributed by atoms with Crippen molar-refractivity contribution in [1.82, 2.24) is 5.32 Å². The first-order valence-corrected chi connectivity index (χ1v) is 10.1. The van der Waals surface area contributed by atoms with Gasteiger partial charge in [-0.25, -0.2) is 4.39 Å². The predicted molar refractivity (Wildman–Crippen MR) is 102 cm³/mol. The van der Waals surface area contributed by atoms with Crippen molar-refractivity contribution in [3.8, 4) is 0 Å². The second-order valence-electron chi connectivity index (χ2n) is 6.91. The number of hydrogen-bond acceptors (Lipinski definition) is 3. The van der Waals surface area contributed by atoms with Crippen molar-refractivity contribution in [2.75, 3.05) is 4.90 Å². The minimum atomic E-state index is -5.23. The van der Waals surface area contributed by atoms with Crippen LogP contribution in [0.4, 0.5) is 23.2 Å². The Kier molecular flexibility index (Phi) is 6.56. The number of nitrogens with zero attached hydrogens (tertiary/aromatic N) is 1. The highest BCUT2D eigenvalue weighted by Crippen LogP contribution is 2.35. The maximum atomic E-state index is 13.7. The Labute approximate surface area is 169 Å². The summed E-state index contributed by atoms with van der Waals surface area (Å²) >= 11 is 1.06. The van der Waals surface area contributed by atoms with Gasteiger partial charge in [0, 0.05) is 16.6 Å². The lowest BCUT2D eigenvalue weighted by Crippen LogP contribution is -2.50. The topological polar surface area (TPSA) is 49.4 Å². The molecule has 156 valence electrons. The average molecular weight is 428 g/mol. The van der Waals surface area contributed by atoms with E-state index in [2.05, 4.69) is 5.32 Å². The van der Waals surface area contributed by atoms with Crippen LogP contribution in [0.25, 0.3) is 0 Å². The van der Waals surface area contributed by atoms with Crippen molar-refractivity contribution in [3.63, 3.8) is 0 Å². The summed E-state index contributed by atoms with van der Waals surface area (Å²) in [5.41, 5.74) is -0.329. The molecule has 0 bridgehead atoms. The molecule has 2 amide bonds. The largest absolute Gasteiger partial charge is 0.471 e. The van der Waals surface area contributed by atoms with Crippen molar-refractivity contribution < 1.29 is 27.2 Å². The fraction of sp³-hybridized carbons (Fsp3) is 0.400. The van der Waals surface area contributed by atoms with Gasteiger partial charge in [-0.2, -0.15) is 13.2 Å². The van der Waals surface area contributed by atoms with E-state index in [1.54, 1.807) is 11.4 Å². The Hall–Kier alpha value is -2.42. The third-order valence-electron chi connectivity index (χ3n) is 4.82. The first kappa shape index (κ1) is 21.3. The highest BCUT2D eigenvalue weighted by atomic mass is 32.1. The molecule has 1 aromatic heterocycles. The third kappa shape index (κ3) is 5.14. The summed E-state index contributed by atoms with van der Waals surface area (Å²) in [6.45, 7) is 0. The van der Waals surface area contributed by atoms with Gasteiger partial charge in [0.05, 0.1) is 0 Å². The molecule has 1 saturated carbocycles. The van der Waals surface area contributed by atoms with Gasteiger partial charge in [-0.3, -0.25) is 14.5 Å². The van der Waals surface area contributed by atoms with E-state index in [-0.39, 0.29) is 16.6 Å². The van der Waals surface area contributed by atoms with Gasteiger partial charge in [-0.1, -0.05) is 31.4 Å². The molecule has 1 heterocycles. The molecule has 3 rings (SSSR count). The molecule has 29 heavy (non-hydrogen) atoms. The maximum Gasteiger partial charge on any atom is 0.471 e. The van der Waals surface area contributed by atoms with Crippen LogP contribution in [0.2, 0.25) is 0 Å². The zero-order chi connectivity index (χ0) is 21.0. The summed E-state index contributed by atoms with van der Waals surface area (Å²) < 4.78 is 53.9. The quantitative estimate of drug-likeness (QED) is 0.684. The number of hydrogen-bond donors (Lipinski definition) is 1. The summed E-state index contributed by atoms with van der Waals surface area (Å²) in [4.78, 5) is 26.0. The molecule has 0 unspecified atom stereocenters. The van der Waals surface area contributed by atoms with Crippen molar-refractivity contribution in [2.45, 2.75) is 50.4 Å². The van der Waals surface area contributed by atoms with Crippen LogP contribution in [0.5, 0.6) is 0 Å². The smallest absolute Gasteiger partial charge is 0.351 e. The lowest BCUT2D eigenvalue weighted by molar-refractivity contribution is -0.171. The molecule has 2 aromatic rings. The van der Waals surface area contributed by atoms with Crippen molar-refractivity contribution in [2.24, 2.45) is 0 Å². The minimum absolute atomic E-state index is 0.158. The van der Waals surface area contributed by atoms with E-state index in [9.17, 15) is 27.2 Å². The molecule has 1 N–H and O–H groups in total. The normalized spacial score (nSPS) is 16.3. The molecule has 1 atom stereocenters. The summed E-state index contributed by atoms with van der Waals surface area (Å²) in [5, 5.41) is 4.40. The van der Waals surface area contributed by atoms with E-state index in [1.807, 2.05) is 0 Å². The number of amides is 2. The number of thiophene rings is 1. The van der Waals surface area contributed by atoms with E-state index >= 15 is 0 Å². The second kappa shape index (κ2) is 8.94. The van der Waals surface area contributed by atoms with Gasteiger partial charge in [-0.15, -0.1) is 11.3 Å². The Morgan fingerprint density at radius 3 is 2.41 bits per heavy atom. The van der Waals surface area contributed by atoms with Gasteiger partial charge in [0.15, 0.2) is 6.04 Å². The first-order valence-electron chi connectivity index (χ1n) is 9.27. The molecule has 1 aliphatic rings. The number of halogens is 4. The molecule has 0 aliphatic heterocycles. The Bertz CT molecular complexity index is 848. The fourth-order valence-corrected chi connectivity index (χ4v) is 4.31. The first-order chi connectivity index (χ1) is 13.8. The Morgan fingerprint density at radius 2 is 1.83 bits per heavy atom. The molecule has 0 saturated heterocycles. The molecule has 4 nitrogen and oxygen atoms in total. The number of rotatable bonds is 5. The number of anilines is 1.